The molecule has 4 heterocycles. The number of carbonyl (C=O) groups excluding carboxylic acids is 4. The summed E-state index contributed by atoms with van der Waals surface area (Å²) >= 11 is 0. The molecule has 352 valence electrons. The molecule has 0 radical (unpaired) electrons. The van der Waals surface area contributed by atoms with E-state index in [9.17, 15) is 24.0 Å². The normalized spacial score (nSPS) is 17.6. The van der Waals surface area contributed by atoms with Crippen LogP contribution in [0.15, 0.2) is 95.2 Å². The number of aryl methyl sites for hydroxylation is 1. The smallest absolute Gasteiger partial charge is 0.405 e. The number of aliphatic imine (C=N–C) groups is 2. The second-order valence-electron chi connectivity index (χ2n) is 17.3. The largest absolute Gasteiger partial charge is 0.493 e. The van der Waals surface area contributed by atoms with Gasteiger partial charge >= 0.3 is 6.09 Å². The van der Waals surface area contributed by atoms with Crippen LogP contribution in [0, 0.1) is 12.8 Å². The van der Waals surface area contributed by atoms with Gasteiger partial charge in [0.25, 0.3) is 11.8 Å². The Kier molecular flexibility index (Phi) is 13.6. The Labute approximate surface area is 393 Å². The third kappa shape index (κ3) is 9.91. The third-order valence-corrected chi connectivity index (χ3v) is 12.2. The Balaban J connectivity index is 0.856. The number of amides is 5. The first-order valence-electron chi connectivity index (χ1n) is 22.3. The number of carboxylic acid groups (broad SMARTS) is 1. The molecule has 17 heteroatoms. The molecule has 0 aliphatic carbocycles. The Bertz CT molecular complexity index is 2760. The van der Waals surface area contributed by atoms with E-state index in [2.05, 4.69) is 40.2 Å². The van der Waals surface area contributed by atoms with Crippen LogP contribution >= 0.6 is 0 Å². The Hall–Kier alpha value is -7.95. The summed E-state index contributed by atoms with van der Waals surface area (Å²) in [5, 5.41) is 16.6. The van der Waals surface area contributed by atoms with Crippen LogP contribution in [-0.4, -0.2) is 109 Å². The van der Waals surface area contributed by atoms with Crippen molar-refractivity contribution in [2.75, 3.05) is 32.8 Å². The maximum Gasteiger partial charge on any atom is 0.405 e. The van der Waals surface area contributed by atoms with Crippen molar-refractivity contribution < 1.29 is 48.0 Å². The summed E-state index contributed by atoms with van der Waals surface area (Å²) < 4.78 is 23.6. The third-order valence-electron chi connectivity index (χ3n) is 12.2. The quantitative estimate of drug-likeness (QED) is 0.0812. The van der Waals surface area contributed by atoms with Crippen LogP contribution in [0.25, 0.3) is 11.1 Å². The molecule has 5 amide bonds. The van der Waals surface area contributed by atoms with Crippen molar-refractivity contribution in [3.8, 4) is 23.0 Å². The Morgan fingerprint density at radius 3 is 1.63 bits per heavy atom. The van der Waals surface area contributed by atoms with Gasteiger partial charge in [-0.05, 0) is 66.3 Å². The number of anilines is 1. The fraction of sp³-hybridized carbons (Fsp3) is 0.314. The van der Waals surface area contributed by atoms with Gasteiger partial charge in [-0.1, -0.05) is 55.8 Å². The number of ether oxygens (including phenoxy) is 4. The lowest BCUT2D eigenvalue weighted by molar-refractivity contribution is -0.128. The predicted octanol–water partition coefficient (Wildman–Crippen LogP) is 7.54. The number of carbonyl (C=O) groups is 5. The van der Waals surface area contributed by atoms with Crippen molar-refractivity contribution in [3.05, 3.63) is 113 Å². The number of hydrogen-bond acceptors (Lipinski definition) is 11. The minimum absolute atomic E-state index is 0.160. The van der Waals surface area contributed by atoms with Crippen molar-refractivity contribution in [1.29, 1.82) is 0 Å². The zero-order chi connectivity index (χ0) is 48.2. The number of fused-ring (bicyclic) bond motifs is 4. The second-order valence-corrected chi connectivity index (χ2v) is 17.3. The van der Waals surface area contributed by atoms with Crippen LogP contribution in [-0.2, 0) is 9.59 Å². The van der Waals surface area contributed by atoms with E-state index in [1.54, 1.807) is 72.5 Å². The molecule has 4 atom stereocenters. The highest BCUT2D eigenvalue weighted by Crippen LogP contribution is 2.42. The number of hydrogen-bond donors (Lipinski definition) is 4. The molecule has 8 rings (SSSR count). The highest BCUT2D eigenvalue weighted by molar-refractivity contribution is 6.07. The van der Waals surface area contributed by atoms with Crippen LogP contribution in [0.3, 0.4) is 0 Å². The molecule has 4 aliphatic rings. The number of benzene rings is 4. The van der Waals surface area contributed by atoms with E-state index in [0.717, 1.165) is 22.3 Å². The van der Waals surface area contributed by atoms with E-state index < -0.39 is 30.0 Å². The fourth-order valence-corrected chi connectivity index (χ4v) is 8.39. The SMILES string of the molecule is COc1cc2c(cc1OCCCOc1cc3c(cc1OC)C(=O)N1C=C(c4ccc(NC(=O)C(C)NC(=O)C(NC(=O)O)C(C)C)cc4)C[C@H]1C=N3)N=C[C@@H]1CC(c3ccc(C)cc3)=CN1C2=O. The van der Waals surface area contributed by atoms with Gasteiger partial charge in [0.2, 0.25) is 11.8 Å². The standard InChI is InChI=1S/C51H53N7O10/c1-28(2)46(56-51(63)64)48(60)54-30(4)47(59)55-35-14-12-32(13-15-35)34-19-37-25-53-41-23-45(43(66-6)21-39(41)50(62)58(37)27-34)68-17-7-16-67-44-22-40-38(20-42(44)65-5)49(61)57-26-33(18-36(57)24-52-40)31-10-8-29(3)9-11-31/h8-15,20-28,30,36-37,46,56H,7,16-19H2,1-6H3,(H,54,60)(H,55,59)(H,63,64)/t30?,36-,37-,46?/m0/s1. The van der Waals surface area contributed by atoms with E-state index in [1.165, 1.54) is 26.7 Å². The molecule has 2 unspecified atom stereocenters. The first-order chi connectivity index (χ1) is 32.7. The lowest BCUT2D eigenvalue weighted by atomic mass is 10.0. The molecule has 0 saturated heterocycles. The van der Waals surface area contributed by atoms with Gasteiger partial charge in [0.05, 0.1) is 62.0 Å². The zero-order valence-electron chi connectivity index (χ0n) is 38.6. The maximum atomic E-state index is 14.0. The van der Waals surface area contributed by atoms with Gasteiger partial charge in [-0.25, -0.2) is 4.79 Å². The predicted molar refractivity (Wildman–Crippen MR) is 257 cm³/mol. The topological polar surface area (TPSA) is 210 Å². The molecule has 68 heavy (non-hydrogen) atoms. The van der Waals surface area contributed by atoms with Crippen LogP contribution in [0.4, 0.5) is 21.9 Å². The fourth-order valence-electron chi connectivity index (χ4n) is 8.39. The molecule has 0 saturated carbocycles. The minimum Gasteiger partial charge on any atom is -0.493 e. The van der Waals surface area contributed by atoms with Gasteiger partial charge in [-0.15, -0.1) is 0 Å². The summed E-state index contributed by atoms with van der Waals surface area (Å²) in [4.78, 5) is 77.3. The molecule has 4 N–H and O–H groups in total. The summed E-state index contributed by atoms with van der Waals surface area (Å²) in [6.45, 7) is 7.48. The molecule has 4 aromatic rings. The number of rotatable bonds is 16. The highest BCUT2D eigenvalue weighted by Gasteiger charge is 2.35. The van der Waals surface area contributed by atoms with Crippen molar-refractivity contribution in [1.82, 2.24) is 20.4 Å². The number of nitrogens with one attached hydrogen (secondary N) is 3. The number of nitrogens with zero attached hydrogens (tertiary/aromatic N) is 4. The summed E-state index contributed by atoms with van der Waals surface area (Å²) in [6, 6.07) is 19.6. The molecule has 0 bridgehead atoms. The van der Waals surface area contributed by atoms with E-state index in [0.29, 0.717) is 70.4 Å². The van der Waals surface area contributed by atoms with Gasteiger partial charge in [0.15, 0.2) is 23.0 Å². The first kappa shape index (κ1) is 46.6. The van der Waals surface area contributed by atoms with E-state index in [4.69, 9.17) is 34.0 Å². The molecular formula is C51H53N7O10. The zero-order valence-corrected chi connectivity index (χ0v) is 38.6. The Morgan fingerprint density at radius 2 is 1.18 bits per heavy atom. The second kappa shape index (κ2) is 19.9. The van der Waals surface area contributed by atoms with Gasteiger partial charge in [-0.3, -0.25) is 29.2 Å². The summed E-state index contributed by atoms with van der Waals surface area (Å²) in [5.41, 5.74) is 7.29. The van der Waals surface area contributed by atoms with Crippen LogP contribution in [0.1, 0.15) is 77.4 Å². The lowest BCUT2D eigenvalue weighted by Crippen LogP contribution is -2.53. The monoisotopic (exact) mass is 923 g/mol. The first-order valence-corrected chi connectivity index (χ1v) is 22.3. The van der Waals surface area contributed by atoms with Crippen molar-refractivity contribution in [2.45, 2.75) is 71.1 Å². The molecule has 17 nitrogen and oxygen atoms in total. The summed E-state index contributed by atoms with van der Waals surface area (Å²) in [7, 11) is 3.03. The van der Waals surface area contributed by atoms with Crippen LogP contribution in [0.5, 0.6) is 23.0 Å². The van der Waals surface area contributed by atoms with Crippen molar-refractivity contribution in [2.24, 2.45) is 15.9 Å². The summed E-state index contributed by atoms with van der Waals surface area (Å²) in [5.74, 6) is -0.159. The molecule has 0 aromatic heterocycles. The average Bonchev–Trinajstić information content (AvgIpc) is 3.90. The molecule has 4 aromatic carbocycles. The van der Waals surface area contributed by atoms with E-state index in [1.807, 2.05) is 31.5 Å². The summed E-state index contributed by atoms with van der Waals surface area (Å²) in [6.07, 6.45) is 7.59. The van der Waals surface area contributed by atoms with E-state index >= 15 is 0 Å². The van der Waals surface area contributed by atoms with Crippen molar-refractivity contribution in [3.63, 3.8) is 0 Å². The van der Waals surface area contributed by atoms with E-state index in [-0.39, 0.29) is 43.0 Å². The van der Waals surface area contributed by atoms with Crippen molar-refractivity contribution >= 4 is 70.4 Å². The van der Waals surface area contributed by atoms with Crippen LogP contribution < -0.4 is 34.9 Å². The molecule has 0 spiro atoms. The molecule has 4 aliphatic heterocycles. The number of methoxy groups -OCH3 is 2. The Morgan fingerprint density at radius 1 is 0.691 bits per heavy atom. The molecular weight excluding hydrogens is 871 g/mol. The molecule has 0 fully saturated rings. The lowest BCUT2D eigenvalue weighted by Gasteiger charge is -2.22. The van der Waals surface area contributed by atoms with Crippen LogP contribution in [0.2, 0.25) is 0 Å². The van der Waals surface area contributed by atoms with Gasteiger partial charge in [0, 0.05) is 61.9 Å². The minimum atomic E-state index is -1.33. The van der Waals surface area contributed by atoms with Gasteiger partial charge in [0.1, 0.15) is 12.1 Å². The van der Waals surface area contributed by atoms with Gasteiger partial charge in [-0.2, -0.15) is 0 Å². The maximum absolute atomic E-state index is 14.0. The average molecular weight is 924 g/mol. The van der Waals surface area contributed by atoms with Gasteiger partial charge < -0.3 is 49.8 Å². The highest BCUT2D eigenvalue weighted by atomic mass is 16.5.